The lowest BCUT2D eigenvalue weighted by Crippen LogP contribution is -2.26. The van der Waals surface area contributed by atoms with Gasteiger partial charge in [0.15, 0.2) is 0 Å². The van der Waals surface area contributed by atoms with Crippen molar-refractivity contribution in [2.45, 2.75) is 20.4 Å². The molecule has 0 amide bonds. The SMILES string of the molecule is COCCn1ncc(Cl)c1OCC(C)(C)CO. The van der Waals surface area contributed by atoms with E-state index in [9.17, 15) is 0 Å². The highest BCUT2D eigenvalue weighted by molar-refractivity contribution is 6.31. The summed E-state index contributed by atoms with van der Waals surface area (Å²) < 4.78 is 12.2. The van der Waals surface area contributed by atoms with Crippen LogP contribution in [0.2, 0.25) is 5.02 Å². The Kier molecular flexibility index (Phi) is 5.24. The summed E-state index contributed by atoms with van der Waals surface area (Å²) in [7, 11) is 1.63. The second-order valence-electron chi connectivity index (χ2n) is 4.62. The zero-order valence-corrected chi connectivity index (χ0v) is 11.2. The van der Waals surface area contributed by atoms with Gasteiger partial charge in [-0.25, -0.2) is 4.68 Å². The third kappa shape index (κ3) is 4.18. The highest BCUT2D eigenvalue weighted by Crippen LogP contribution is 2.26. The summed E-state index contributed by atoms with van der Waals surface area (Å²) in [5.41, 5.74) is -0.306. The van der Waals surface area contributed by atoms with Gasteiger partial charge in [0.1, 0.15) is 5.02 Å². The van der Waals surface area contributed by atoms with Crippen LogP contribution in [0.5, 0.6) is 5.88 Å². The molecule has 0 aliphatic carbocycles. The van der Waals surface area contributed by atoms with Gasteiger partial charge in [-0.2, -0.15) is 5.10 Å². The van der Waals surface area contributed by atoms with E-state index in [0.717, 1.165) is 0 Å². The first-order chi connectivity index (χ1) is 8.00. The normalized spacial score (nSPS) is 11.8. The van der Waals surface area contributed by atoms with Crippen LogP contribution in [-0.2, 0) is 11.3 Å². The Morgan fingerprint density at radius 3 is 2.82 bits per heavy atom. The average molecular weight is 263 g/mol. The van der Waals surface area contributed by atoms with Gasteiger partial charge < -0.3 is 14.6 Å². The summed E-state index contributed by atoms with van der Waals surface area (Å²) in [6.45, 7) is 5.38. The molecule has 1 aromatic heterocycles. The molecule has 0 saturated carbocycles. The molecule has 1 aromatic rings. The number of aliphatic hydroxyl groups excluding tert-OH is 1. The van der Waals surface area contributed by atoms with E-state index in [1.165, 1.54) is 0 Å². The number of nitrogens with zero attached hydrogens (tertiary/aromatic N) is 2. The molecule has 0 spiro atoms. The molecule has 0 aromatic carbocycles. The Labute approximate surface area is 106 Å². The fourth-order valence-electron chi connectivity index (χ4n) is 1.14. The van der Waals surface area contributed by atoms with E-state index in [1.807, 2.05) is 13.8 Å². The van der Waals surface area contributed by atoms with Crippen LogP contribution in [0.25, 0.3) is 0 Å². The predicted molar refractivity (Wildman–Crippen MR) is 65.5 cm³/mol. The van der Waals surface area contributed by atoms with Crippen molar-refractivity contribution < 1.29 is 14.6 Å². The first-order valence-electron chi connectivity index (χ1n) is 5.44. The Bertz CT molecular complexity index is 352. The topological polar surface area (TPSA) is 56.5 Å². The molecule has 1 N–H and O–H groups in total. The number of hydrogen-bond acceptors (Lipinski definition) is 4. The number of hydrogen-bond donors (Lipinski definition) is 1. The van der Waals surface area contributed by atoms with Crippen molar-refractivity contribution in [3.8, 4) is 5.88 Å². The summed E-state index contributed by atoms with van der Waals surface area (Å²) in [6, 6.07) is 0. The summed E-state index contributed by atoms with van der Waals surface area (Å²) in [6.07, 6.45) is 1.54. The van der Waals surface area contributed by atoms with E-state index in [4.69, 9.17) is 26.2 Å². The summed E-state index contributed by atoms with van der Waals surface area (Å²) in [5, 5.41) is 13.7. The Balaban J connectivity index is 2.65. The monoisotopic (exact) mass is 262 g/mol. The van der Waals surface area contributed by atoms with Crippen LogP contribution in [0.4, 0.5) is 0 Å². The number of ether oxygens (including phenoxy) is 2. The second kappa shape index (κ2) is 6.23. The number of halogens is 1. The van der Waals surface area contributed by atoms with Gasteiger partial charge in [0.2, 0.25) is 5.88 Å². The Morgan fingerprint density at radius 2 is 2.24 bits per heavy atom. The van der Waals surface area contributed by atoms with Crippen LogP contribution >= 0.6 is 11.6 Å². The van der Waals surface area contributed by atoms with Crippen molar-refractivity contribution in [3.63, 3.8) is 0 Å². The third-order valence-corrected chi connectivity index (χ3v) is 2.54. The number of rotatable bonds is 7. The van der Waals surface area contributed by atoms with E-state index < -0.39 is 0 Å². The van der Waals surface area contributed by atoms with Crippen LogP contribution in [0.3, 0.4) is 0 Å². The molecule has 0 aliphatic heterocycles. The number of methoxy groups -OCH3 is 1. The predicted octanol–water partition coefficient (Wildman–Crippen LogP) is 1.58. The fourth-order valence-corrected chi connectivity index (χ4v) is 1.34. The van der Waals surface area contributed by atoms with Gasteiger partial charge in [0.05, 0.1) is 32.6 Å². The Hall–Kier alpha value is -0.780. The smallest absolute Gasteiger partial charge is 0.231 e. The summed E-state index contributed by atoms with van der Waals surface area (Å²) in [4.78, 5) is 0. The van der Waals surface area contributed by atoms with Crippen LogP contribution < -0.4 is 4.74 Å². The van der Waals surface area contributed by atoms with Crippen molar-refractivity contribution >= 4 is 11.6 Å². The molecule has 5 nitrogen and oxygen atoms in total. The zero-order chi connectivity index (χ0) is 12.9. The van der Waals surface area contributed by atoms with Crippen molar-refractivity contribution in [2.24, 2.45) is 5.41 Å². The van der Waals surface area contributed by atoms with Gasteiger partial charge in [-0.1, -0.05) is 25.4 Å². The molecular formula is C11H19ClN2O3. The first-order valence-corrected chi connectivity index (χ1v) is 5.82. The quantitative estimate of drug-likeness (QED) is 0.811. The molecule has 1 rings (SSSR count). The molecule has 0 atom stereocenters. The molecular weight excluding hydrogens is 244 g/mol. The van der Waals surface area contributed by atoms with Crippen molar-refractivity contribution in [1.82, 2.24) is 9.78 Å². The van der Waals surface area contributed by atoms with Crippen LogP contribution in [0.15, 0.2) is 6.20 Å². The third-order valence-electron chi connectivity index (χ3n) is 2.28. The molecule has 1 heterocycles. The fraction of sp³-hybridized carbons (Fsp3) is 0.727. The van der Waals surface area contributed by atoms with Crippen LogP contribution in [0.1, 0.15) is 13.8 Å². The van der Waals surface area contributed by atoms with Gasteiger partial charge in [0.25, 0.3) is 0 Å². The van der Waals surface area contributed by atoms with Crippen molar-refractivity contribution in [1.29, 1.82) is 0 Å². The molecule has 98 valence electrons. The lowest BCUT2D eigenvalue weighted by atomic mass is 9.97. The summed E-state index contributed by atoms with van der Waals surface area (Å²) in [5.74, 6) is 0.519. The molecule has 0 unspecified atom stereocenters. The minimum atomic E-state index is -0.306. The highest BCUT2D eigenvalue weighted by Gasteiger charge is 2.20. The lowest BCUT2D eigenvalue weighted by Gasteiger charge is -2.22. The minimum absolute atomic E-state index is 0.0524. The molecule has 0 bridgehead atoms. The minimum Gasteiger partial charge on any atom is -0.476 e. The van der Waals surface area contributed by atoms with Crippen molar-refractivity contribution in [2.75, 3.05) is 26.9 Å². The average Bonchev–Trinajstić information content (AvgIpc) is 2.65. The van der Waals surface area contributed by atoms with Gasteiger partial charge in [-0.05, 0) is 0 Å². The van der Waals surface area contributed by atoms with E-state index in [1.54, 1.807) is 18.0 Å². The van der Waals surface area contributed by atoms with E-state index in [0.29, 0.717) is 30.7 Å². The Morgan fingerprint density at radius 1 is 1.53 bits per heavy atom. The molecule has 0 fully saturated rings. The first kappa shape index (κ1) is 14.3. The largest absolute Gasteiger partial charge is 0.476 e. The molecule has 0 saturated heterocycles. The summed E-state index contributed by atoms with van der Waals surface area (Å²) >= 11 is 5.98. The van der Waals surface area contributed by atoms with Crippen LogP contribution in [0, 0.1) is 5.41 Å². The second-order valence-corrected chi connectivity index (χ2v) is 5.03. The molecule has 6 heteroatoms. The maximum atomic E-state index is 9.15. The van der Waals surface area contributed by atoms with E-state index >= 15 is 0 Å². The van der Waals surface area contributed by atoms with Gasteiger partial charge in [0, 0.05) is 12.5 Å². The highest BCUT2D eigenvalue weighted by atomic mass is 35.5. The zero-order valence-electron chi connectivity index (χ0n) is 10.4. The number of aromatic nitrogens is 2. The van der Waals surface area contributed by atoms with E-state index in [-0.39, 0.29) is 12.0 Å². The standard InChI is InChI=1S/C11H19ClN2O3/c1-11(2,7-15)8-17-10-9(12)6-13-14(10)4-5-16-3/h6,15H,4-5,7-8H2,1-3H3. The maximum absolute atomic E-state index is 9.15. The molecule has 0 radical (unpaired) electrons. The lowest BCUT2D eigenvalue weighted by molar-refractivity contribution is 0.0902. The number of aliphatic hydroxyl groups is 1. The van der Waals surface area contributed by atoms with Crippen molar-refractivity contribution in [3.05, 3.63) is 11.2 Å². The van der Waals surface area contributed by atoms with Gasteiger partial charge >= 0.3 is 0 Å². The molecule has 17 heavy (non-hydrogen) atoms. The van der Waals surface area contributed by atoms with Gasteiger partial charge in [-0.15, -0.1) is 0 Å². The molecule has 0 aliphatic rings. The maximum Gasteiger partial charge on any atom is 0.231 e. The van der Waals surface area contributed by atoms with Crippen LogP contribution in [-0.4, -0.2) is 41.8 Å². The van der Waals surface area contributed by atoms with Gasteiger partial charge in [-0.3, -0.25) is 0 Å². The van der Waals surface area contributed by atoms with E-state index in [2.05, 4.69) is 5.10 Å².